The van der Waals surface area contributed by atoms with Gasteiger partial charge in [0.05, 0.1) is 22.5 Å². The molecule has 0 saturated heterocycles. The first-order chi connectivity index (χ1) is 13.6. The van der Waals surface area contributed by atoms with E-state index in [4.69, 9.17) is 16.1 Å². The van der Waals surface area contributed by atoms with Gasteiger partial charge >= 0.3 is 0 Å². The zero-order valence-electron chi connectivity index (χ0n) is 16.5. The molecule has 3 aromatic rings. The lowest BCUT2D eigenvalue weighted by atomic mass is 10.1. The van der Waals surface area contributed by atoms with Gasteiger partial charge in [-0.2, -0.15) is 4.98 Å². The van der Waals surface area contributed by atoms with Crippen LogP contribution in [0.1, 0.15) is 33.1 Å². The van der Waals surface area contributed by atoms with Crippen molar-refractivity contribution in [2.75, 3.05) is 11.1 Å². The molecule has 0 fully saturated rings. The monoisotopic (exact) mass is 434 g/mol. The molecule has 1 N–H and O–H groups in total. The molecule has 0 radical (unpaired) electrons. The highest BCUT2D eigenvalue weighted by atomic mass is 35.5. The summed E-state index contributed by atoms with van der Waals surface area (Å²) in [5.74, 6) is 0.741. The minimum absolute atomic E-state index is 0.0161. The van der Waals surface area contributed by atoms with Crippen LogP contribution >= 0.6 is 11.6 Å². The van der Waals surface area contributed by atoms with E-state index in [1.54, 1.807) is 18.3 Å². The summed E-state index contributed by atoms with van der Waals surface area (Å²) in [6, 6.07) is 9.86. The number of nitrogens with zero attached hydrogens (tertiary/aromatic N) is 3. The van der Waals surface area contributed by atoms with Gasteiger partial charge in [-0.1, -0.05) is 16.8 Å². The molecule has 1 aromatic carbocycles. The standard InChI is InChI=1S/C20H23ClN4O3S/c1-20(2,3)24-15-8-11-17(22-13-15)19-23-18(28-25-19)5-4-12-29(26,27)16-9-6-14(21)7-10-16/h6-11,13,24H,4-5,12H2,1-3H3. The maximum atomic E-state index is 12.4. The largest absolute Gasteiger partial charge is 0.379 e. The van der Waals surface area contributed by atoms with Crippen molar-refractivity contribution >= 4 is 27.1 Å². The second-order valence-electron chi connectivity index (χ2n) is 7.70. The fourth-order valence-electron chi connectivity index (χ4n) is 2.67. The molecule has 154 valence electrons. The van der Waals surface area contributed by atoms with E-state index >= 15 is 0 Å². The molecule has 9 heteroatoms. The molecule has 0 aliphatic heterocycles. The molecule has 0 atom stereocenters. The molecule has 0 amide bonds. The Morgan fingerprint density at radius 1 is 1.10 bits per heavy atom. The first-order valence-electron chi connectivity index (χ1n) is 9.18. The second kappa shape index (κ2) is 8.51. The van der Waals surface area contributed by atoms with Gasteiger partial charge in [-0.3, -0.25) is 4.98 Å². The lowest BCUT2D eigenvalue weighted by Gasteiger charge is -2.21. The quantitative estimate of drug-likeness (QED) is 0.588. The number of sulfone groups is 1. The van der Waals surface area contributed by atoms with Gasteiger partial charge in [0.1, 0.15) is 5.69 Å². The predicted molar refractivity (Wildman–Crippen MR) is 113 cm³/mol. The number of hydrogen-bond acceptors (Lipinski definition) is 7. The van der Waals surface area contributed by atoms with Crippen LogP contribution in [0.4, 0.5) is 5.69 Å². The Bertz CT molecular complexity index is 1060. The van der Waals surface area contributed by atoms with Crippen LogP contribution < -0.4 is 5.32 Å². The number of nitrogens with one attached hydrogen (secondary N) is 1. The molecule has 7 nitrogen and oxygen atoms in total. The van der Waals surface area contributed by atoms with Gasteiger partial charge in [-0.05, 0) is 63.6 Å². The SMILES string of the molecule is CC(C)(C)Nc1ccc(-c2noc(CCCS(=O)(=O)c3ccc(Cl)cc3)n2)nc1. The van der Waals surface area contributed by atoms with Gasteiger partial charge in [-0.25, -0.2) is 8.42 Å². The van der Waals surface area contributed by atoms with E-state index < -0.39 is 9.84 Å². The topological polar surface area (TPSA) is 98.0 Å². The number of aromatic nitrogens is 3. The minimum atomic E-state index is -3.38. The maximum Gasteiger partial charge on any atom is 0.227 e. The average molecular weight is 435 g/mol. The lowest BCUT2D eigenvalue weighted by Crippen LogP contribution is -2.26. The smallest absolute Gasteiger partial charge is 0.227 e. The number of pyridine rings is 1. The zero-order chi connectivity index (χ0) is 21.1. The van der Waals surface area contributed by atoms with E-state index in [2.05, 4.69) is 41.2 Å². The van der Waals surface area contributed by atoms with Crippen LogP contribution in [0.5, 0.6) is 0 Å². The van der Waals surface area contributed by atoms with Gasteiger partial charge in [-0.15, -0.1) is 0 Å². The lowest BCUT2D eigenvalue weighted by molar-refractivity contribution is 0.377. The Hall–Kier alpha value is -2.45. The summed E-state index contributed by atoms with van der Waals surface area (Å²) in [7, 11) is -3.38. The van der Waals surface area contributed by atoms with E-state index in [1.165, 1.54) is 12.1 Å². The van der Waals surface area contributed by atoms with E-state index in [0.29, 0.717) is 35.3 Å². The van der Waals surface area contributed by atoms with E-state index in [1.807, 2.05) is 12.1 Å². The number of anilines is 1. The number of halogens is 1. The molecule has 29 heavy (non-hydrogen) atoms. The van der Waals surface area contributed by atoms with Gasteiger partial charge in [0, 0.05) is 17.0 Å². The van der Waals surface area contributed by atoms with Crippen molar-refractivity contribution in [2.45, 2.75) is 44.0 Å². The summed E-state index contributed by atoms with van der Waals surface area (Å²) in [5, 5.41) is 7.77. The molecule has 0 aliphatic rings. The third-order valence-electron chi connectivity index (χ3n) is 3.96. The van der Waals surface area contributed by atoms with E-state index in [9.17, 15) is 8.42 Å². The summed E-state index contributed by atoms with van der Waals surface area (Å²) >= 11 is 5.80. The molecular weight excluding hydrogens is 412 g/mol. The first-order valence-corrected chi connectivity index (χ1v) is 11.2. The average Bonchev–Trinajstić information content (AvgIpc) is 3.10. The van der Waals surface area contributed by atoms with Gasteiger partial charge in [0.15, 0.2) is 9.84 Å². The third-order valence-corrected chi connectivity index (χ3v) is 6.02. The molecular formula is C20H23ClN4O3S. The van der Waals surface area contributed by atoms with Crippen LogP contribution in [0.2, 0.25) is 5.02 Å². The van der Waals surface area contributed by atoms with E-state index in [-0.39, 0.29) is 16.2 Å². The summed E-state index contributed by atoms with van der Waals surface area (Å²) in [6.45, 7) is 6.21. The highest BCUT2D eigenvalue weighted by Crippen LogP contribution is 2.20. The maximum absolute atomic E-state index is 12.4. The van der Waals surface area contributed by atoms with Crippen molar-refractivity contribution in [1.29, 1.82) is 0 Å². The molecule has 0 unspecified atom stereocenters. The van der Waals surface area contributed by atoms with Crippen molar-refractivity contribution in [1.82, 2.24) is 15.1 Å². The molecule has 0 bridgehead atoms. The highest BCUT2D eigenvalue weighted by molar-refractivity contribution is 7.91. The number of hydrogen-bond donors (Lipinski definition) is 1. The summed E-state index contributed by atoms with van der Waals surface area (Å²) < 4.78 is 30.0. The van der Waals surface area contributed by atoms with Crippen molar-refractivity contribution in [3.8, 4) is 11.5 Å². The van der Waals surface area contributed by atoms with Crippen LogP contribution in [0, 0.1) is 0 Å². The first kappa shape index (κ1) is 21.3. The van der Waals surface area contributed by atoms with Crippen molar-refractivity contribution in [3.63, 3.8) is 0 Å². The molecule has 2 heterocycles. The van der Waals surface area contributed by atoms with Gasteiger partial charge in [0.25, 0.3) is 0 Å². The third kappa shape index (κ3) is 6.01. The van der Waals surface area contributed by atoms with E-state index in [0.717, 1.165) is 5.69 Å². The van der Waals surface area contributed by atoms with Crippen molar-refractivity contribution < 1.29 is 12.9 Å². The number of rotatable bonds is 7. The van der Waals surface area contributed by atoms with Crippen LogP contribution in [0.15, 0.2) is 52.0 Å². The van der Waals surface area contributed by atoms with Crippen LogP contribution in [-0.2, 0) is 16.3 Å². The Labute approximate surface area is 175 Å². The molecule has 3 rings (SSSR count). The predicted octanol–water partition coefficient (Wildman–Crippen LogP) is 4.40. The molecule has 0 saturated carbocycles. The highest BCUT2D eigenvalue weighted by Gasteiger charge is 2.16. The van der Waals surface area contributed by atoms with Crippen molar-refractivity contribution in [3.05, 3.63) is 53.5 Å². The molecule has 0 aliphatic carbocycles. The van der Waals surface area contributed by atoms with Gasteiger partial charge < -0.3 is 9.84 Å². The Morgan fingerprint density at radius 3 is 2.45 bits per heavy atom. The Morgan fingerprint density at radius 2 is 1.83 bits per heavy atom. The van der Waals surface area contributed by atoms with Crippen LogP contribution in [-0.4, -0.2) is 34.8 Å². The fraction of sp³-hybridized carbons (Fsp3) is 0.350. The van der Waals surface area contributed by atoms with Crippen molar-refractivity contribution in [2.24, 2.45) is 0 Å². The Kier molecular flexibility index (Phi) is 6.24. The van der Waals surface area contributed by atoms with Crippen LogP contribution in [0.3, 0.4) is 0 Å². The fourth-order valence-corrected chi connectivity index (χ4v) is 4.10. The summed E-state index contributed by atoms with van der Waals surface area (Å²) in [5.41, 5.74) is 1.43. The number of benzene rings is 1. The molecule has 2 aromatic heterocycles. The normalized spacial score (nSPS) is 12.1. The van der Waals surface area contributed by atoms with Gasteiger partial charge in [0.2, 0.25) is 11.7 Å². The number of aryl methyl sites for hydroxylation is 1. The second-order valence-corrected chi connectivity index (χ2v) is 10.2. The summed E-state index contributed by atoms with van der Waals surface area (Å²) in [6.07, 6.45) is 2.45. The summed E-state index contributed by atoms with van der Waals surface area (Å²) in [4.78, 5) is 8.93. The zero-order valence-corrected chi connectivity index (χ0v) is 18.1. The minimum Gasteiger partial charge on any atom is -0.379 e. The van der Waals surface area contributed by atoms with Crippen LogP contribution in [0.25, 0.3) is 11.5 Å². The molecule has 0 spiro atoms. The Balaban J connectivity index is 1.58.